The molecule has 0 amide bonds. The highest BCUT2D eigenvalue weighted by Gasteiger charge is 2.26. The molecule has 0 atom stereocenters. The SMILES string of the molecule is CN(C)CCCOc1ccc2c(c1)S(=O)c1cc(OCCCN(C)C)ccc1-2. The standard InChI is InChI=1S/C22H30N2O3S/c1-23(2)11-5-13-26-17-7-9-19-20-10-8-18(27-14-6-12-24(3)4)16-22(20)28(25)21(19)15-17/h7-10,15-16H,5-6,11-14H2,1-4H3. The molecular formula is C22H30N2O3S. The van der Waals surface area contributed by atoms with Crippen molar-refractivity contribution >= 4 is 10.8 Å². The molecule has 0 bridgehead atoms. The van der Waals surface area contributed by atoms with E-state index < -0.39 is 10.8 Å². The number of fused-ring (bicyclic) bond motifs is 3. The van der Waals surface area contributed by atoms with Crippen molar-refractivity contribution in [3.63, 3.8) is 0 Å². The highest BCUT2D eigenvalue weighted by Crippen LogP contribution is 2.43. The Labute approximate surface area is 170 Å². The van der Waals surface area contributed by atoms with Gasteiger partial charge in [-0.15, -0.1) is 0 Å². The van der Waals surface area contributed by atoms with Crippen molar-refractivity contribution in [1.82, 2.24) is 9.80 Å². The van der Waals surface area contributed by atoms with Crippen LogP contribution in [0.1, 0.15) is 12.8 Å². The maximum atomic E-state index is 13.0. The van der Waals surface area contributed by atoms with Crippen LogP contribution in [0, 0.1) is 0 Å². The van der Waals surface area contributed by atoms with E-state index in [1.54, 1.807) is 0 Å². The van der Waals surface area contributed by atoms with E-state index in [4.69, 9.17) is 9.47 Å². The number of hydrogen-bond donors (Lipinski definition) is 0. The molecule has 0 spiro atoms. The second kappa shape index (κ2) is 9.54. The molecule has 2 aromatic carbocycles. The van der Waals surface area contributed by atoms with Gasteiger partial charge < -0.3 is 19.3 Å². The van der Waals surface area contributed by atoms with Gasteiger partial charge in [0.25, 0.3) is 0 Å². The lowest BCUT2D eigenvalue weighted by molar-refractivity contribution is 0.281. The third-order valence-corrected chi connectivity index (χ3v) is 6.11. The van der Waals surface area contributed by atoms with E-state index in [9.17, 15) is 4.21 Å². The Bertz CT molecular complexity index is 769. The highest BCUT2D eigenvalue weighted by atomic mass is 32.2. The maximum absolute atomic E-state index is 13.0. The number of nitrogens with zero attached hydrogens (tertiary/aromatic N) is 2. The lowest BCUT2D eigenvalue weighted by atomic mass is 10.1. The topological polar surface area (TPSA) is 42.0 Å². The van der Waals surface area contributed by atoms with Crippen molar-refractivity contribution in [2.75, 3.05) is 54.5 Å². The van der Waals surface area contributed by atoms with Gasteiger partial charge in [0.05, 0.1) is 33.8 Å². The predicted octanol–water partition coefficient (Wildman–Crippen LogP) is 3.49. The van der Waals surface area contributed by atoms with Crippen LogP contribution in [0.4, 0.5) is 0 Å². The van der Waals surface area contributed by atoms with E-state index >= 15 is 0 Å². The van der Waals surface area contributed by atoms with Crippen molar-refractivity contribution in [2.45, 2.75) is 22.6 Å². The van der Waals surface area contributed by atoms with Crippen LogP contribution in [0.25, 0.3) is 11.1 Å². The van der Waals surface area contributed by atoms with Gasteiger partial charge in [0.2, 0.25) is 0 Å². The van der Waals surface area contributed by atoms with Crippen LogP contribution >= 0.6 is 0 Å². The summed E-state index contributed by atoms with van der Waals surface area (Å²) in [5.41, 5.74) is 2.04. The first kappa shape index (κ1) is 20.8. The van der Waals surface area contributed by atoms with Crippen LogP contribution in [0.15, 0.2) is 46.2 Å². The van der Waals surface area contributed by atoms with Gasteiger partial charge in [-0.25, -0.2) is 4.21 Å². The quantitative estimate of drug-likeness (QED) is 0.486. The van der Waals surface area contributed by atoms with Crippen LogP contribution in [0.2, 0.25) is 0 Å². The average Bonchev–Trinajstić information content (AvgIpc) is 2.94. The van der Waals surface area contributed by atoms with E-state index in [2.05, 4.69) is 38.0 Å². The molecule has 1 heterocycles. The summed E-state index contributed by atoms with van der Waals surface area (Å²) in [7, 11) is 7.01. The second-order valence-corrected chi connectivity index (χ2v) is 9.01. The van der Waals surface area contributed by atoms with Crippen LogP contribution in [0.3, 0.4) is 0 Å². The zero-order chi connectivity index (χ0) is 20.1. The molecule has 0 saturated carbocycles. The van der Waals surface area contributed by atoms with Crippen molar-refractivity contribution in [1.29, 1.82) is 0 Å². The summed E-state index contributed by atoms with van der Waals surface area (Å²) >= 11 is 0. The minimum atomic E-state index is -1.20. The molecule has 5 nitrogen and oxygen atoms in total. The molecule has 0 fully saturated rings. The van der Waals surface area contributed by atoms with Gasteiger partial charge in [-0.05, 0) is 88.6 Å². The molecule has 3 rings (SSSR count). The Hall–Kier alpha value is -1.89. The lowest BCUT2D eigenvalue weighted by Crippen LogP contribution is -2.15. The van der Waals surface area contributed by atoms with Gasteiger partial charge in [-0.2, -0.15) is 0 Å². The van der Waals surface area contributed by atoms with Gasteiger partial charge in [0, 0.05) is 13.1 Å². The molecule has 1 aliphatic rings. The fourth-order valence-electron chi connectivity index (χ4n) is 3.20. The average molecular weight is 403 g/mol. The third-order valence-electron chi connectivity index (χ3n) is 4.63. The van der Waals surface area contributed by atoms with Crippen molar-refractivity contribution < 1.29 is 13.7 Å². The van der Waals surface area contributed by atoms with E-state index in [0.29, 0.717) is 13.2 Å². The van der Waals surface area contributed by atoms with Crippen molar-refractivity contribution in [3.05, 3.63) is 36.4 Å². The monoisotopic (exact) mass is 402 g/mol. The molecule has 6 heteroatoms. The number of benzene rings is 2. The lowest BCUT2D eigenvalue weighted by Gasteiger charge is -2.11. The molecule has 0 N–H and O–H groups in total. The van der Waals surface area contributed by atoms with Crippen LogP contribution in [0.5, 0.6) is 11.5 Å². The third kappa shape index (κ3) is 5.13. The first-order valence-electron chi connectivity index (χ1n) is 9.71. The van der Waals surface area contributed by atoms with Gasteiger partial charge in [-0.3, -0.25) is 0 Å². The van der Waals surface area contributed by atoms with Crippen molar-refractivity contribution in [2.24, 2.45) is 0 Å². The summed E-state index contributed by atoms with van der Waals surface area (Å²) in [6, 6.07) is 11.8. The minimum Gasteiger partial charge on any atom is -0.494 e. The molecule has 0 radical (unpaired) electrons. The molecule has 0 saturated heterocycles. The maximum Gasteiger partial charge on any atom is 0.120 e. The van der Waals surface area contributed by atoms with Crippen molar-refractivity contribution in [3.8, 4) is 22.6 Å². The zero-order valence-corrected chi connectivity index (χ0v) is 18.1. The number of rotatable bonds is 10. The van der Waals surface area contributed by atoms with E-state index in [1.165, 1.54) is 0 Å². The fourth-order valence-corrected chi connectivity index (χ4v) is 4.64. The Morgan fingerprint density at radius 2 is 1.18 bits per heavy atom. The smallest absolute Gasteiger partial charge is 0.120 e. The summed E-state index contributed by atoms with van der Waals surface area (Å²) in [6.45, 7) is 3.28. The molecule has 2 aromatic rings. The molecule has 152 valence electrons. The summed E-state index contributed by atoms with van der Waals surface area (Å²) in [6.07, 6.45) is 1.92. The number of hydrogen-bond acceptors (Lipinski definition) is 5. The normalized spacial score (nSPS) is 13.1. The van der Waals surface area contributed by atoms with Gasteiger partial charge in [0.1, 0.15) is 11.5 Å². The second-order valence-electron chi connectivity index (χ2n) is 7.60. The molecule has 1 aliphatic heterocycles. The highest BCUT2D eigenvalue weighted by molar-refractivity contribution is 7.85. The molecule has 0 aliphatic carbocycles. The van der Waals surface area contributed by atoms with Gasteiger partial charge >= 0.3 is 0 Å². The molecule has 0 aromatic heterocycles. The first-order valence-corrected chi connectivity index (χ1v) is 10.9. The molecular weight excluding hydrogens is 372 g/mol. The summed E-state index contributed by atoms with van der Waals surface area (Å²) in [5, 5.41) is 0. The van der Waals surface area contributed by atoms with Crippen LogP contribution in [-0.2, 0) is 10.8 Å². The van der Waals surface area contributed by atoms with Crippen LogP contribution < -0.4 is 9.47 Å². The Morgan fingerprint density at radius 1 is 0.750 bits per heavy atom. The van der Waals surface area contributed by atoms with Gasteiger partial charge in [0.15, 0.2) is 0 Å². The molecule has 28 heavy (non-hydrogen) atoms. The summed E-state index contributed by atoms with van der Waals surface area (Å²) in [4.78, 5) is 5.92. The Balaban J connectivity index is 1.66. The fraction of sp³-hybridized carbons (Fsp3) is 0.455. The first-order chi connectivity index (χ1) is 13.5. The summed E-state index contributed by atoms with van der Waals surface area (Å²) < 4.78 is 24.7. The predicted molar refractivity (Wildman–Crippen MR) is 114 cm³/mol. The van der Waals surface area contributed by atoms with Crippen LogP contribution in [-0.4, -0.2) is 68.5 Å². The largest absolute Gasteiger partial charge is 0.494 e. The number of ether oxygens (including phenoxy) is 2. The van der Waals surface area contributed by atoms with E-state index in [1.807, 2.05) is 36.4 Å². The Kier molecular flexibility index (Phi) is 7.10. The summed E-state index contributed by atoms with van der Waals surface area (Å²) in [5.74, 6) is 1.55. The van der Waals surface area contributed by atoms with Gasteiger partial charge in [-0.1, -0.05) is 0 Å². The Morgan fingerprint density at radius 3 is 1.57 bits per heavy atom. The van der Waals surface area contributed by atoms with E-state index in [0.717, 1.165) is 58.3 Å². The zero-order valence-electron chi connectivity index (χ0n) is 17.2. The minimum absolute atomic E-state index is 0.654. The molecule has 0 unspecified atom stereocenters. The van der Waals surface area contributed by atoms with E-state index in [-0.39, 0.29) is 0 Å².